The van der Waals surface area contributed by atoms with E-state index in [1.165, 1.54) is 0 Å². The molecule has 0 aliphatic heterocycles. The highest BCUT2D eigenvalue weighted by Gasteiger charge is 2.08. The van der Waals surface area contributed by atoms with Crippen LogP contribution in [0, 0.1) is 6.92 Å². The number of aryl methyl sites for hydroxylation is 1. The predicted octanol–water partition coefficient (Wildman–Crippen LogP) is 3.39. The minimum atomic E-state index is 0.142. The summed E-state index contributed by atoms with van der Waals surface area (Å²) in [5.41, 5.74) is 2.77. The molecule has 0 saturated heterocycles. The monoisotopic (exact) mass is 254 g/mol. The molecule has 2 heterocycles. The van der Waals surface area contributed by atoms with Crippen molar-refractivity contribution in [3.05, 3.63) is 53.5 Å². The number of H-pyrrole nitrogens is 1. The van der Waals surface area contributed by atoms with Crippen molar-refractivity contribution in [2.75, 3.05) is 0 Å². The van der Waals surface area contributed by atoms with Gasteiger partial charge in [0.05, 0.1) is 18.4 Å². The number of benzene rings is 1. The highest BCUT2D eigenvalue weighted by atomic mass is 16.3. The number of nitrogens with zero attached hydrogens (tertiary/aromatic N) is 1. The Labute approximate surface area is 110 Å². The molecule has 3 aromatic rings. The average Bonchev–Trinajstić information content (AvgIpc) is 2.98. The molecule has 96 valence electrons. The summed E-state index contributed by atoms with van der Waals surface area (Å²) in [7, 11) is 0. The summed E-state index contributed by atoms with van der Waals surface area (Å²) in [6.07, 6.45) is 3.29. The zero-order valence-corrected chi connectivity index (χ0v) is 10.6. The maximum atomic E-state index is 9.91. The number of nitrogens with one attached hydrogen (secondary N) is 1. The third kappa shape index (κ3) is 2.25. The quantitative estimate of drug-likeness (QED) is 0.704. The second-order valence-electron chi connectivity index (χ2n) is 4.49. The van der Waals surface area contributed by atoms with Crippen LogP contribution in [0.1, 0.15) is 16.9 Å². The minimum Gasteiger partial charge on any atom is -0.494 e. The van der Waals surface area contributed by atoms with E-state index in [9.17, 15) is 5.11 Å². The molecule has 0 spiro atoms. The zero-order valence-electron chi connectivity index (χ0n) is 10.6. The highest BCUT2D eigenvalue weighted by Crippen LogP contribution is 2.26. The molecule has 0 aliphatic carbocycles. The Balaban J connectivity index is 1.92. The van der Waals surface area contributed by atoms with E-state index in [-0.39, 0.29) is 5.88 Å². The van der Waals surface area contributed by atoms with Gasteiger partial charge in [-0.3, -0.25) is 4.99 Å². The summed E-state index contributed by atoms with van der Waals surface area (Å²) in [4.78, 5) is 7.24. The Kier molecular flexibility index (Phi) is 2.83. The topological polar surface area (TPSA) is 61.5 Å². The third-order valence-corrected chi connectivity index (χ3v) is 3.02. The molecule has 0 aliphatic rings. The summed E-state index contributed by atoms with van der Waals surface area (Å²) in [5, 5.41) is 10.9. The van der Waals surface area contributed by atoms with Crippen LogP contribution < -0.4 is 0 Å². The van der Waals surface area contributed by atoms with Crippen LogP contribution in [0.4, 0.5) is 0 Å². The van der Waals surface area contributed by atoms with Gasteiger partial charge in [-0.1, -0.05) is 12.1 Å². The Morgan fingerprint density at radius 1 is 1.37 bits per heavy atom. The molecule has 4 heteroatoms. The lowest BCUT2D eigenvalue weighted by Crippen LogP contribution is -1.82. The van der Waals surface area contributed by atoms with Crippen molar-refractivity contribution < 1.29 is 9.52 Å². The summed E-state index contributed by atoms with van der Waals surface area (Å²) in [6, 6.07) is 9.69. The predicted molar refractivity (Wildman–Crippen MR) is 74.7 cm³/mol. The van der Waals surface area contributed by atoms with Crippen LogP contribution in [0.2, 0.25) is 0 Å². The van der Waals surface area contributed by atoms with E-state index in [0.717, 1.165) is 22.2 Å². The number of furan rings is 1. The summed E-state index contributed by atoms with van der Waals surface area (Å²) in [6.45, 7) is 2.48. The number of hydrogen-bond acceptors (Lipinski definition) is 3. The molecule has 0 unspecified atom stereocenters. The Morgan fingerprint density at radius 2 is 2.26 bits per heavy atom. The second-order valence-corrected chi connectivity index (χ2v) is 4.49. The van der Waals surface area contributed by atoms with Crippen LogP contribution in [-0.4, -0.2) is 16.3 Å². The van der Waals surface area contributed by atoms with E-state index in [1.807, 2.05) is 37.3 Å². The first kappa shape index (κ1) is 11.6. The van der Waals surface area contributed by atoms with Gasteiger partial charge < -0.3 is 14.5 Å². The average molecular weight is 254 g/mol. The van der Waals surface area contributed by atoms with Gasteiger partial charge in [0.2, 0.25) is 0 Å². The molecule has 3 rings (SSSR count). The molecule has 0 radical (unpaired) electrons. The van der Waals surface area contributed by atoms with Crippen LogP contribution in [0.15, 0.2) is 46.0 Å². The van der Waals surface area contributed by atoms with Crippen LogP contribution in [0.3, 0.4) is 0 Å². The molecule has 2 aromatic heterocycles. The van der Waals surface area contributed by atoms with E-state index in [1.54, 1.807) is 12.5 Å². The number of aromatic nitrogens is 1. The normalized spacial score (nSPS) is 11.6. The first-order valence-electron chi connectivity index (χ1n) is 6.07. The van der Waals surface area contributed by atoms with Crippen LogP contribution in [0.5, 0.6) is 5.88 Å². The van der Waals surface area contributed by atoms with E-state index in [2.05, 4.69) is 9.98 Å². The van der Waals surface area contributed by atoms with Gasteiger partial charge in [-0.2, -0.15) is 0 Å². The lowest BCUT2D eigenvalue weighted by atomic mass is 10.1. The summed E-state index contributed by atoms with van der Waals surface area (Å²) >= 11 is 0. The van der Waals surface area contributed by atoms with Gasteiger partial charge in [-0.05, 0) is 30.7 Å². The van der Waals surface area contributed by atoms with Crippen molar-refractivity contribution in [2.24, 2.45) is 4.99 Å². The number of aromatic hydroxyl groups is 1. The van der Waals surface area contributed by atoms with E-state index >= 15 is 0 Å². The summed E-state index contributed by atoms with van der Waals surface area (Å²) in [5.74, 6) is 0.940. The standard InChI is InChI=1S/C15H14N2O2/c1-10-4-5-12-13(15(18)17-14(12)7-10)9-16-8-11-3-2-6-19-11/h2-7,9,17-18H,8H2,1H3. The number of hydrogen-bond donors (Lipinski definition) is 2. The van der Waals surface area contributed by atoms with Crippen LogP contribution in [0.25, 0.3) is 10.9 Å². The van der Waals surface area contributed by atoms with Crippen molar-refractivity contribution in [3.63, 3.8) is 0 Å². The number of fused-ring (bicyclic) bond motifs is 1. The van der Waals surface area contributed by atoms with E-state index in [0.29, 0.717) is 12.1 Å². The molecule has 19 heavy (non-hydrogen) atoms. The molecule has 1 aromatic carbocycles. The van der Waals surface area contributed by atoms with Gasteiger partial charge in [0.15, 0.2) is 5.88 Å². The number of aliphatic imine (C=N–C) groups is 1. The van der Waals surface area contributed by atoms with Gasteiger partial charge in [-0.25, -0.2) is 0 Å². The Morgan fingerprint density at radius 3 is 3.05 bits per heavy atom. The molecule has 0 bridgehead atoms. The smallest absolute Gasteiger partial charge is 0.198 e. The van der Waals surface area contributed by atoms with Gasteiger partial charge in [-0.15, -0.1) is 0 Å². The third-order valence-electron chi connectivity index (χ3n) is 3.02. The fourth-order valence-corrected chi connectivity index (χ4v) is 2.08. The molecule has 0 atom stereocenters. The van der Waals surface area contributed by atoms with Crippen molar-refractivity contribution >= 4 is 17.1 Å². The molecular formula is C15H14N2O2. The highest BCUT2D eigenvalue weighted by molar-refractivity contribution is 6.02. The molecule has 2 N–H and O–H groups in total. The van der Waals surface area contributed by atoms with Gasteiger partial charge in [0.1, 0.15) is 5.76 Å². The van der Waals surface area contributed by atoms with Crippen molar-refractivity contribution in [1.82, 2.24) is 4.98 Å². The van der Waals surface area contributed by atoms with Crippen LogP contribution >= 0.6 is 0 Å². The Bertz CT molecular complexity index is 724. The zero-order chi connectivity index (χ0) is 13.2. The van der Waals surface area contributed by atoms with E-state index in [4.69, 9.17) is 4.42 Å². The second kappa shape index (κ2) is 4.65. The molecule has 4 nitrogen and oxygen atoms in total. The fraction of sp³-hybridized carbons (Fsp3) is 0.133. The molecular weight excluding hydrogens is 240 g/mol. The maximum absolute atomic E-state index is 9.91. The summed E-state index contributed by atoms with van der Waals surface area (Å²) < 4.78 is 5.20. The minimum absolute atomic E-state index is 0.142. The number of aromatic amines is 1. The Hall–Kier alpha value is -2.49. The SMILES string of the molecule is Cc1ccc2c(C=NCc3ccco3)c(O)[nH]c2c1. The molecule has 0 fully saturated rings. The van der Waals surface area contributed by atoms with Crippen molar-refractivity contribution in [3.8, 4) is 5.88 Å². The number of rotatable bonds is 3. The maximum Gasteiger partial charge on any atom is 0.198 e. The van der Waals surface area contributed by atoms with Crippen molar-refractivity contribution in [2.45, 2.75) is 13.5 Å². The van der Waals surface area contributed by atoms with Gasteiger partial charge in [0.25, 0.3) is 0 Å². The van der Waals surface area contributed by atoms with Gasteiger partial charge >= 0.3 is 0 Å². The lowest BCUT2D eigenvalue weighted by Gasteiger charge is -1.94. The first-order valence-corrected chi connectivity index (χ1v) is 6.07. The largest absolute Gasteiger partial charge is 0.494 e. The van der Waals surface area contributed by atoms with Crippen molar-refractivity contribution in [1.29, 1.82) is 0 Å². The lowest BCUT2D eigenvalue weighted by molar-refractivity contribution is 0.457. The van der Waals surface area contributed by atoms with E-state index < -0.39 is 0 Å². The fourth-order valence-electron chi connectivity index (χ4n) is 2.08. The molecule has 0 saturated carbocycles. The molecule has 0 amide bonds. The van der Waals surface area contributed by atoms with Crippen LogP contribution in [-0.2, 0) is 6.54 Å². The first-order chi connectivity index (χ1) is 9.24. The van der Waals surface area contributed by atoms with Gasteiger partial charge in [0, 0.05) is 17.1 Å².